The summed E-state index contributed by atoms with van der Waals surface area (Å²) in [5, 5.41) is 12.5. The van der Waals surface area contributed by atoms with Crippen LogP contribution in [0.4, 0.5) is 23.4 Å². The van der Waals surface area contributed by atoms with E-state index in [1.165, 1.54) is 42.7 Å². The number of rotatable bonds is 5. The van der Waals surface area contributed by atoms with E-state index >= 15 is 0 Å². The van der Waals surface area contributed by atoms with Gasteiger partial charge in [-0.2, -0.15) is 13.2 Å². The van der Waals surface area contributed by atoms with Gasteiger partial charge in [-0.3, -0.25) is 0 Å². The van der Waals surface area contributed by atoms with E-state index in [9.17, 15) is 22.7 Å². The molecule has 9 heteroatoms. The molecule has 4 nitrogen and oxygen atoms in total. The molecular weight excluding hydrogens is 398 g/mol. The number of anilines is 1. The van der Waals surface area contributed by atoms with Gasteiger partial charge in [0.25, 0.3) is 0 Å². The molecule has 0 amide bonds. The van der Waals surface area contributed by atoms with E-state index in [1.807, 2.05) is 0 Å². The Morgan fingerprint density at radius 3 is 2.50 bits per heavy atom. The van der Waals surface area contributed by atoms with Crippen LogP contribution in [0.25, 0.3) is 11.3 Å². The lowest BCUT2D eigenvalue weighted by Crippen LogP contribution is -2.14. The zero-order chi connectivity index (χ0) is 20.3. The van der Waals surface area contributed by atoms with Crippen LogP contribution in [-0.4, -0.2) is 21.6 Å². The zero-order valence-corrected chi connectivity index (χ0v) is 15.0. The number of aliphatic hydroxyl groups is 1. The molecule has 0 unspecified atom stereocenters. The molecule has 2 N–H and O–H groups in total. The molecule has 0 aliphatic heterocycles. The third kappa shape index (κ3) is 4.58. The summed E-state index contributed by atoms with van der Waals surface area (Å²) in [6.07, 6.45) is -4.43. The van der Waals surface area contributed by atoms with Crippen LogP contribution in [0.15, 0.2) is 54.9 Å². The van der Waals surface area contributed by atoms with Crippen molar-refractivity contribution in [3.63, 3.8) is 0 Å². The number of halogens is 5. The minimum Gasteiger partial charge on any atom is -0.386 e. The SMILES string of the molecule is O[C@@H](CNc1cc(-c2ccc(C(F)(F)F)c(Cl)c2)ncn1)c1ccccc1F. The van der Waals surface area contributed by atoms with Crippen LogP contribution in [0.3, 0.4) is 0 Å². The summed E-state index contributed by atoms with van der Waals surface area (Å²) in [7, 11) is 0. The van der Waals surface area contributed by atoms with Crippen LogP contribution in [0.2, 0.25) is 5.02 Å². The van der Waals surface area contributed by atoms with E-state index in [-0.39, 0.29) is 12.1 Å². The summed E-state index contributed by atoms with van der Waals surface area (Å²) in [4.78, 5) is 8.02. The second-order valence-electron chi connectivity index (χ2n) is 5.90. The topological polar surface area (TPSA) is 58.0 Å². The summed E-state index contributed by atoms with van der Waals surface area (Å²) in [6, 6.07) is 10.7. The first-order valence-electron chi connectivity index (χ1n) is 8.11. The largest absolute Gasteiger partial charge is 0.417 e. The number of aliphatic hydroxyl groups excluding tert-OH is 1. The molecular formula is C19H14ClF4N3O. The van der Waals surface area contributed by atoms with Crippen molar-refractivity contribution in [1.29, 1.82) is 0 Å². The second-order valence-corrected chi connectivity index (χ2v) is 6.31. The molecule has 1 aromatic heterocycles. The summed E-state index contributed by atoms with van der Waals surface area (Å²) < 4.78 is 52.2. The van der Waals surface area contributed by atoms with Gasteiger partial charge in [-0.1, -0.05) is 35.9 Å². The van der Waals surface area contributed by atoms with Gasteiger partial charge in [0.05, 0.1) is 22.4 Å². The molecule has 0 aliphatic rings. The Bertz CT molecular complexity index is 981. The maximum absolute atomic E-state index is 13.7. The second kappa shape index (κ2) is 8.12. The number of aromatic nitrogens is 2. The molecule has 0 bridgehead atoms. The van der Waals surface area contributed by atoms with E-state index in [0.717, 1.165) is 6.07 Å². The smallest absolute Gasteiger partial charge is 0.386 e. The van der Waals surface area contributed by atoms with Crippen molar-refractivity contribution >= 4 is 17.4 Å². The van der Waals surface area contributed by atoms with E-state index in [0.29, 0.717) is 17.1 Å². The summed E-state index contributed by atoms with van der Waals surface area (Å²) in [5.74, 6) is -0.212. The molecule has 28 heavy (non-hydrogen) atoms. The monoisotopic (exact) mass is 411 g/mol. The lowest BCUT2D eigenvalue weighted by Gasteiger charge is -2.14. The van der Waals surface area contributed by atoms with E-state index in [1.54, 1.807) is 6.07 Å². The van der Waals surface area contributed by atoms with Gasteiger partial charge in [-0.05, 0) is 18.2 Å². The highest BCUT2D eigenvalue weighted by atomic mass is 35.5. The molecule has 1 atom stereocenters. The van der Waals surface area contributed by atoms with E-state index in [2.05, 4.69) is 15.3 Å². The molecule has 0 radical (unpaired) electrons. The zero-order valence-electron chi connectivity index (χ0n) is 14.2. The fourth-order valence-corrected chi connectivity index (χ4v) is 2.86. The Labute approximate surface area is 162 Å². The number of hydrogen-bond donors (Lipinski definition) is 2. The lowest BCUT2D eigenvalue weighted by atomic mass is 10.1. The van der Waals surface area contributed by atoms with Crippen molar-refractivity contribution in [3.05, 3.63) is 76.8 Å². The Balaban J connectivity index is 1.76. The molecule has 0 saturated heterocycles. The van der Waals surface area contributed by atoms with Gasteiger partial charge in [-0.15, -0.1) is 0 Å². The summed E-state index contributed by atoms with van der Waals surface area (Å²) in [5.41, 5.74) is -0.0799. The number of hydrogen-bond acceptors (Lipinski definition) is 4. The fourth-order valence-electron chi connectivity index (χ4n) is 2.57. The molecule has 3 aromatic rings. The molecule has 2 aromatic carbocycles. The highest BCUT2D eigenvalue weighted by Gasteiger charge is 2.33. The quantitative estimate of drug-likeness (QED) is 0.573. The Kier molecular flexibility index (Phi) is 5.81. The van der Waals surface area contributed by atoms with Crippen LogP contribution in [0, 0.1) is 5.82 Å². The van der Waals surface area contributed by atoms with Crippen molar-refractivity contribution in [2.75, 3.05) is 11.9 Å². The highest BCUT2D eigenvalue weighted by molar-refractivity contribution is 6.31. The van der Waals surface area contributed by atoms with Crippen molar-refractivity contribution < 1.29 is 22.7 Å². The minimum atomic E-state index is -4.54. The number of nitrogens with one attached hydrogen (secondary N) is 1. The Hall–Kier alpha value is -2.71. The molecule has 0 saturated carbocycles. The fraction of sp³-hybridized carbons (Fsp3) is 0.158. The van der Waals surface area contributed by atoms with E-state index in [4.69, 9.17) is 11.6 Å². The van der Waals surface area contributed by atoms with Gasteiger partial charge in [0.15, 0.2) is 0 Å². The van der Waals surface area contributed by atoms with Crippen LogP contribution in [0.5, 0.6) is 0 Å². The van der Waals surface area contributed by atoms with E-state index < -0.39 is 28.7 Å². The Morgan fingerprint density at radius 2 is 1.82 bits per heavy atom. The lowest BCUT2D eigenvalue weighted by molar-refractivity contribution is -0.137. The van der Waals surface area contributed by atoms with Gasteiger partial charge in [0, 0.05) is 23.7 Å². The first-order valence-corrected chi connectivity index (χ1v) is 8.49. The Morgan fingerprint density at radius 1 is 1.07 bits per heavy atom. The van der Waals surface area contributed by atoms with Gasteiger partial charge in [-0.25, -0.2) is 14.4 Å². The molecule has 0 aliphatic carbocycles. The number of alkyl halides is 3. The molecule has 0 spiro atoms. The minimum absolute atomic E-state index is 0.0227. The average molecular weight is 412 g/mol. The van der Waals surface area contributed by atoms with Crippen LogP contribution >= 0.6 is 11.6 Å². The normalized spacial score (nSPS) is 12.6. The van der Waals surface area contributed by atoms with Crippen LogP contribution in [0.1, 0.15) is 17.2 Å². The molecule has 1 heterocycles. The highest BCUT2D eigenvalue weighted by Crippen LogP contribution is 2.36. The maximum Gasteiger partial charge on any atom is 0.417 e. The number of nitrogens with zero attached hydrogens (tertiary/aromatic N) is 2. The maximum atomic E-state index is 13.7. The first-order chi connectivity index (χ1) is 13.3. The third-order valence-electron chi connectivity index (χ3n) is 3.98. The molecule has 3 rings (SSSR count). The third-order valence-corrected chi connectivity index (χ3v) is 4.29. The summed E-state index contributed by atoms with van der Waals surface area (Å²) in [6.45, 7) is -0.0227. The first kappa shape index (κ1) is 20.0. The van der Waals surface area contributed by atoms with Crippen LogP contribution < -0.4 is 5.32 Å². The van der Waals surface area contributed by atoms with Gasteiger partial charge in [0.2, 0.25) is 0 Å². The van der Waals surface area contributed by atoms with Crippen LogP contribution in [-0.2, 0) is 6.18 Å². The standard InChI is InChI=1S/C19H14ClF4N3O/c20-14-7-11(5-6-13(14)19(22,23)24)16-8-18(27-10-26-16)25-9-17(28)12-3-1-2-4-15(12)21/h1-8,10,17,28H,9H2,(H,25,26,27)/t17-/m0/s1. The van der Waals surface area contributed by atoms with Crippen molar-refractivity contribution in [2.45, 2.75) is 12.3 Å². The predicted octanol–water partition coefficient (Wildman–Crippen LogP) is 5.10. The van der Waals surface area contributed by atoms with Gasteiger partial charge < -0.3 is 10.4 Å². The van der Waals surface area contributed by atoms with Crippen molar-refractivity contribution in [2.24, 2.45) is 0 Å². The van der Waals surface area contributed by atoms with Crippen molar-refractivity contribution in [3.8, 4) is 11.3 Å². The molecule has 146 valence electrons. The number of benzene rings is 2. The van der Waals surface area contributed by atoms with Gasteiger partial charge >= 0.3 is 6.18 Å². The predicted molar refractivity (Wildman–Crippen MR) is 97.3 cm³/mol. The van der Waals surface area contributed by atoms with Gasteiger partial charge in [0.1, 0.15) is 18.0 Å². The average Bonchev–Trinajstić information content (AvgIpc) is 2.65. The summed E-state index contributed by atoms with van der Waals surface area (Å²) >= 11 is 5.74. The van der Waals surface area contributed by atoms with Crippen molar-refractivity contribution in [1.82, 2.24) is 9.97 Å². The molecule has 0 fully saturated rings.